The number of nitrogens with zero attached hydrogens (tertiary/aromatic N) is 2. The highest BCUT2D eigenvalue weighted by Crippen LogP contribution is 2.28. The summed E-state index contributed by atoms with van der Waals surface area (Å²) >= 11 is 9.08. The van der Waals surface area contributed by atoms with Gasteiger partial charge in [-0.05, 0) is 43.3 Å². The zero-order valence-corrected chi connectivity index (χ0v) is 16.4. The van der Waals surface area contributed by atoms with Crippen molar-refractivity contribution in [3.63, 3.8) is 0 Å². The molecule has 138 valence electrons. The van der Waals surface area contributed by atoms with Crippen LogP contribution in [0.5, 0.6) is 5.75 Å². The van der Waals surface area contributed by atoms with E-state index in [0.717, 1.165) is 10.5 Å². The third-order valence-electron chi connectivity index (χ3n) is 3.34. The van der Waals surface area contributed by atoms with E-state index in [-0.39, 0.29) is 22.0 Å². The fourth-order valence-corrected chi connectivity index (χ4v) is 2.72. The van der Waals surface area contributed by atoms with Crippen molar-refractivity contribution in [1.29, 1.82) is 5.26 Å². The molecule has 0 saturated carbocycles. The normalized spacial score (nSPS) is 10.8. The first-order chi connectivity index (χ1) is 12.8. The van der Waals surface area contributed by atoms with Crippen LogP contribution in [0.1, 0.15) is 12.5 Å². The molecule has 0 bridgehead atoms. The number of halogens is 2. The van der Waals surface area contributed by atoms with Crippen molar-refractivity contribution in [1.82, 2.24) is 0 Å². The molecule has 0 unspecified atom stereocenters. The number of nitriles is 1. The lowest BCUT2D eigenvalue weighted by molar-refractivity contribution is -0.384. The van der Waals surface area contributed by atoms with Gasteiger partial charge in [0.05, 0.1) is 11.5 Å². The van der Waals surface area contributed by atoms with E-state index in [1.165, 1.54) is 18.2 Å². The molecule has 0 radical (unpaired) electrons. The van der Waals surface area contributed by atoms with E-state index in [4.69, 9.17) is 16.3 Å². The summed E-state index contributed by atoms with van der Waals surface area (Å²) in [6.45, 7) is 2.24. The Morgan fingerprint density at radius 2 is 2.15 bits per heavy atom. The minimum Gasteiger partial charge on any atom is -0.493 e. The van der Waals surface area contributed by atoms with Crippen molar-refractivity contribution in [3.05, 3.63) is 67.1 Å². The summed E-state index contributed by atoms with van der Waals surface area (Å²) in [4.78, 5) is 22.7. The fourth-order valence-electron chi connectivity index (χ4n) is 2.15. The van der Waals surface area contributed by atoms with Gasteiger partial charge in [0.2, 0.25) is 0 Å². The minimum absolute atomic E-state index is 0.0514. The number of ether oxygens (including phenoxy) is 1. The van der Waals surface area contributed by atoms with Crippen LogP contribution in [0.2, 0.25) is 5.02 Å². The van der Waals surface area contributed by atoms with E-state index in [0.29, 0.717) is 17.9 Å². The molecule has 0 saturated heterocycles. The lowest BCUT2D eigenvalue weighted by Crippen LogP contribution is -2.13. The maximum absolute atomic E-state index is 12.4. The highest BCUT2D eigenvalue weighted by Gasteiger charge is 2.16. The van der Waals surface area contributed by atoms with Gasteiger partial charge in [-0.25, -0.2) is 0 Å². The van der Waals surface area contributed by atoms with Crippen LogP contribution in [0, 0.1) is 21.4 Å². The van der Waals surface area contributed by atoms with Gasteiger partial charge in [-0.15, -0.1) is 0 Å². The second-order valence-electron chi connectivity index (χ2n) is 5.16. The number of rotatable bonds is 6. The quantitative estimate of drug-likeness (QED) is 0.290. The third-order valence-corrected chi connectivity index (χ3v) is 4.15. The Hall–Kier alpha value is -2.89. The summed E-state index contributed by atoms with van der Waals surface area (Å²) in [5.74, 6) is -0.195. The zero-order chi connectivity index (χ0) is 20.0. The van der Waals surface area contributed by atoms with Crippen LogP contribution in [0.15, 0.2) is 46.4 Å². The molecule has 1 N–H and O–H groups in total. The summed E-state index contributed by atoms with van der Waals surface area (Å²) in [5, 5.41) is 22.7. The molecule has 7 nitrogen and oxygen atoms in total. The molecule has 0 spiro atoms. The summed E-state index contributed by atoms with van der Waals surface area (Å²) in [6, 6.07) is 10.9. The van der Waals surface area contributed by atoms with Crippen LogP contribution < -0.4 is 10.1 Å². The van der Waals surface area contributed by atoms with Crippen LogP contribution in [-0.2, 0) is 4.79 Å². The van der Waals surface area contributed by atoms with Gasteiger partial charge in [-0.3, -0.25) is 14.9 Å². The van der Waals surface area contributed by atoms with Crippen molar-refractivity contribution in [3.8, 4) is 11.8 Å². The van der Waals surface area contributed by atoms with Gasteiger partial charge < -0.3 is 10.1 Å². The molecule has 0 aliphatic heterocycles. The second-order valence-corrected chi connectivity index (χ2v) is 6.49. The molecule has 2 aromatic carbocycles. The number of hydrogen-bond donors (Lipinski definition) is 1. The number of nitro groups is 1. The molecule has 27 heavy (non-hydrogen) atoms. The molecule has 2 rings (SSSR count). The standard InChI is InChI=1S/C18H13BrClN3O4/c1-2-27-17-6-3-13(19)8-11(17)7-12(10-21)18(24)22-14-4-5-15(20)16(9-14)23(25)26/h3-9H,2H2,1H3,(H,22,24)/b12-7+. The molecule has 2 aromatic rings. The molecule has 9 heteroatoms. The first kappa shape index (κ1) is 20.4. The van der Waals surface area contributed by atoms with E-state index < -0.39 is 10.8 Å². The maximum atomic E-state index is 12.4. The first-order valence-electron chi connectivity index (χ1n) is 7.65. The van der Waals surface area contributed by atoms with Crippen LogP contribution in [0.25, 0.3) is 6.08 Å². The number of carbonyl (C=O) groups excluding carboxylic acids is 1. The Bertz CT molecular complexity index is 970. The molecule has 0 heterocycles. The van der Waals surface area contributed by atoms with Crippen LogP contribution in [-0.4, -0.2) is 17.4 Å². The Balaban J connectivity index is 2.33. The fraction of sp³-hybridized carbons (Fsp3) is 0.111. The van der Waals surface area contributed by atoms with E-state index in [2.05, 4.69) is 21.2 Å². The van der Waals surface area contributed by atoms with E-state index in [1.54, 1.807) is 18.2 Å². The Morgan fingerprint density at radius 3 is 2.78 bits per heavy atom. The molecule has 0 aliphatic rings. The number of amides is 1. The average molecular weight is 451 g/mol. The molecular formula is C18H13BrClN3O4. The van der Waals surface area contributed by atoms with Gasteiger partial charge in [-0.2, -0.15) is 5.26 Å². The number of anilines is 1. The zero-order valence-electron chi connectivity index (χ0n) is 14.0. The first-order valence-corrected chi connectivity index (χ1v) is 8.82. The predicted octanol–water partition coefficient (Wildman–Crippen LogP) is 4.96. The van der Waals surface area contributed by atoms with Crippen molar-refractivity contribution >= 4 is 50.9 Å². The number of nitrogens with one attached hydrogen (secondary N) is 1. The van der Waals surface area contributed by atoms with Crippen molar-refractivity contribution < 1.29 is 14.5 Å². The summed E-state index contributed by atoms with van der Waals surface area (Å²) in [5.41, 5.74) is 0.158. The minimum atomic E-state index is -0.712. The number of carbonyl (C=O) groups is 1. The molecule has 1 amide bonds. The van der Waals surface area contributed by atoms with Crippen molar-refractivity contribution in [2.45, 2.75) is 6.92 Å². The Labute approximate surface area is 168 Å². The van der Waals surface area contributed by atoms with E-state index >= 15 is 0 Å². The van der Waals surface area contributed by atoms with Crippen LogP contribution >= 0.6 is 27.5 Å². The highest BCUT2D eigenvalue weighted by atomic mass is 79.9. The van der Waals surface area contributed by atoms with E-state index in [9.17, 15) is 20.2 Å². The average Bonchev–Trinajstić information content (AvgIpc) is 2.63. The summed E-state index contributed by atoms with van der Waals surface area (Å²) in [6.07, 6.45) is 1.38. The Kier molecular flexibility index (Phi) is 6.93. The van der Waals surface area contributed by atoms with Gasteiger partial charge in [-0.1, -0.05) is 27.5 Å². The second kappa shape index (κ2) is 9.16. The summed E-state index contributed by atoms with van der Waals surface area (Å²) in [7, 11) is 0. The maximum Gasteiger partial charge on any atom is 0.289 e. The molecule has 0 fully saturated rings. The van der Waals surface area contributed by atoms with Gasteiger partial charge >= 0.3 is 0 Å². The number of hydrogen-bond acceptors (Lipinski definition) is 5. The molecule has 0 aliphatic carbocycles. The number of benzene rings is 2. The van der Waals surface area contributed by atoms with Gasteiger partial charge in [0.15, 0.2) is 0 Å². The van der Waals surface area contributed by atoms with Crippen LogP contribution in [0.4, 0.5) is 11.4 Å². The molecular weight excluding hydrogens is 438 g/mol. The van der Waals surface area contributed by atoms with Gasteiger partial charge in [0.25, 0.3) is 11.6 Å². The summed E-state index contributed by atoms with van der Waals surface area (Å²) < 4.78 is 6.25. The molecule has 0 atom stereocenters. The van der Waals surface area contributed by atoms with E-state index in [1.807, 2.05) is 13.0 Å². The van der Waals surface area contributed by atoms with Crippen molar-refractivity contribution in [2.24, 2.45) is 0 Å². The highest BCUT2D eigenvalue weighted by molar-refractivity contribution is 9.10. The molecule has 0 aromatic heterocycles. The lowest BCUT2D eigenvalue weighted by atomic mass is 10.1. The Morgan fingerprint density at radius 1 is 1.41 bits per heavy atom. The third kappa shape index (κ3) is 5.29. The monoisotopic (exact) mass is 449 g/mol. The smallest absolute Gasteiger partial charge is 0.289 e. The number of nitro benzene ring substituents is 1. The largest absolute Gasteiger partial charge is 0.493 e. The predicted molar refractivity (Wildman–Crippen MR) is 106 cm³/mol. The topological polar surface area (TPSA) is 105 Å². The SMILES string of the molecule is CCOc1ccc(Br)cc1/C=C(\C#N)C(=O)Nc1ccc(Cl)c([N+](=O)[O-])c1. The lowest BCUT2D eigenvalue weighted by Gasteiger charge is -2.09. The van der Waals surface area contributed by atoms with Crippen LogP contribution in [0.3, 0.4) is 0 Å². The van der Waals surface area contributed by atoms with Crippen molar-refractivity contribution in [2.75, 3.05) is 11.9 Å². The van der Waals surface area contributed by atoms with Gasteiger partial charge in [0, 0.05) is 21.8 Å². The van der Waals surface area contributed by atoms with Gasteiger partial charge in [0.1, 0.15) is 22.4 Å².